The quantitative estimate of drug-likeness (QED) is 0.570. The summed E-state index contributed by atoms with van der Waals surface area (Å²) in [7, 11) is -1.16. The maximum absolute atomic E-state index is 12.7. The summed E-state index contributed by atoms with van der Waals surface area (Å²) in [6.45, 7) is 3.50. The van der Waals surface area contributed by atoms with Crippen molar-refractivity contribution in [3.8, 4) is 5.75 Å². The smallest absolute Gasteiger partial charge is 0.340 e. The van der Waals surface area contributed by atoms with Crippen molar-refractivity contribution in [1.29, 1.82) is 0 Å². The Kier molecular flexibility index (Phi) is 7.95. The molecule has 0 aliphatic rings. The number of carbonyl (C=O) groups excluding carboxylic acids is 2. The number of anilines is 1. The second kappa shape index (κ2) is 10.2. The Hall–Kier alpha value is -3.18. The average Bonchev–Trinajstić information content (AvgIpc) is 2.75. The van der Waals surface area contributed by atoms with Crippen LogP contribution in [-0.4, -0.2) is 56.5 Å². The van der Waals surface area contributed by atoms with E-state index in [2.05, 4.69) is 5.32 Å². The van der Waals surface area contributed by atoms with Gasteiger partial charge in [0.25, 0.3) is 5.56 Å². The van der Waals surface area contributed by atoms with Crippen LogP contribution in [0.25, 0.3) is 0 Å². The molecule has 0 aliphatic carbocycles. The predicted octanol–water partition coefficient (Wildman–Crippen LogP) is 1.31. The summed E-state index contributed by atoms with van der Waals surface area (Å²) in [5, 5.41) is 2.54. The van der Waals surface area contributed by atoms with Gasteiger partial charge in [0, 0.05) is 25.4 Å². The Morgan fingerprint density at radius 2 is 1.77 bits per heavy atom. The van der Waals surface area contributed by atoms with E-state index in [1.165, 1.54) is 36.7 Å². The van der Waals surface area contributed by atoms with Gasteiger partial charge in [-0.1, -0.05) is 13.8 Å². The molecule has 168 valence electrons. The van der Waals surface area contributed by atoms with Gasteiger partial charge in [0.1, 0.15) is 12.3 Å². The second-order valence-corrected chi connectivity index (χ2v) is 8.31. The molecular weight excluding hydrogens is 426 g/mol. The number of methoxy groups -OCH3 is 2. The first-order valence-electron chi connectivity index (χ1n) is 9.44. The lowest BCUT2D eigenvalue weighted by molar-refractivity contribution is -0.116. The average molecular weight is 452 g/mol. The van der Waals surface area contributed by atoms with Crippen LogP contribution in [0.2, 0.25) is 0 Å². The minimum Gasteiger partial charge on any atom is -0.497 e. The summed E-state index contributed by atoms with van der Waals surface area (Å²) in [4.78, 5) is 36.7. The summed E-state index contributed by atoms with van der Waals surface area (Å²) in [5.41, 5.74) is -0.311. The van der Waals surface area contributed by atoms with Crippen molar-refractivity contribution in [2.45, 2.75) is 25.3 Å². The number of nitrogens with zero attached hydrogens (tertiary/aromatic N) is 2. The molecule has 0 unspecified atom stereocenters. The molecule has 0 saturated heterocycles. The van der Waals surface area contributed by atoms with E-state index in [0.29, 0.717) is 5.75 Å². The topological polar surface area (TPSA) is 124 Å². The van der Waals surface area contributed by atoms with E-state index in [9.17, 15) is 22.8 Å². The van der Waals surface area contributed by atoms with Gasteiger partial charge in [-0.15, -0.1) is 0 Å². The summed E-state index contributed by atoms with van der Waals surface area (Å²) < 4.78 is 37.4. The van der Waals surface area contributed by atoms with E-state index >= 15 is 0 Å². The van der Waals surface area contributed by atoms with Gasteiger partial charge in [-0.3, -0.25) is 9.59 Å². The van der Waals surface area contributed by atoms with Gasteiger partial charge < -0.3 is 19.4 Å². The number of hydrogen-bond acceptors (Lipinski definition) is 7. The minimum atomic E-state index is -3.80. The molecule has 0 fully saturated rings. The molecule has 0 bridgehead atoms. The Morgan fingerprint density at radius 1 is 1.10 bits per heavy atom. The summed E-state index contributed by atoms with van der Waals surface area (Å²) in [6, 6.07) is 6.73. The van der Waals surface area contributed by atoms with Crippen molar-refractivity contribution < 1.29 is 27.5 Å². The number of pyridine rings is 1. The molecular formula is C20H25N3O7S. The Bertz CT molecular complexity index is 1120. The first-order valence-corrected chi connectivity index (χ1v) is 10.9. The van der Waals surface area contributed by atoms with E-state index in [1.54, 1.807) is 19.9 Å². The van der Waals surface area contributed by atoms with Gasteiger partial charge in [-0.2, -0.15) is 4.31 Å². The van der Waals surface area contributed by atoms with Crippen molar-refractivity contribution in [2.24, 2.45) is 0 Å². The summed E-state index contributed by atoms with van der Waals surface area (Å²) in [5.74, 6) is -0.919. The lowest BCUT2D eigenvalue weighted by Crippen LogP contribution is -2.33. The molecule has 1 N–H and O–H groups in total. The zero-order chi connectivity index (χ0) is 23.2. The third kappa shape index (κ3) is 5.50. The van der Waals surface area contributed by atoms with Crippen molar-refractivity contribution in [3.63, 3.8) is 0 Å². The highest BCUT2D eigenvalue weighted by molar-refractivity contribution is 7.89. The molecule has 0 atom stereocenters. The summed E-state index contributed by atoms with van der Waals surface area (Å²) in [6.07, 6.45) is 1.13. The van der Waals surface area contributed by atoms with Crippen LogP contribution < -0.4 is 15.6 Å². The lowest BCUT2D eigenvalue weighted by atomic mass is 10.1. The minimum absolute atomic E-state index is 0.0698. The van der Waals surface area contributed by atoms with Crippen molar-refractivity contribution in [3.05, 3.63) is 52.4 Å². The fourth-order valence-corrected chi connectivity index (χ4v) is 4.36. The molecule has 0 radical (unpaired) electrons. The lowest BCUT2D eigenvalue weighted by Gasteiger charge is -2.19. The van der Waals surface area contributed by atoms with Crippen molar-refractivity contribution in [1.82, 2.24) is 8.87 Å². The van der Waals surface area contributed by atoms with Crippen LogP contribution in [0.3, 0.4) is 0 Å². The van der Waals surface area contributed by atoms with Crippen LogP contribution in [0.15, 0.2) is 46.2 Å². The molecule has 31 heavy (non-hydrogen) atoms. The third-order valence-electron chi connectivity index (χ3n) is 4.52. The van der Waals surface area contributed by atoms with E-state index < -0.39 is 34.0 Å². The van der Waals surface area contributed by atoms with Gasteiger partial charge in [0.2, 0.25) is 15.9 Å². The van der Waals surface area contributed by atoms with Gasteiger partial charge in [0.15, 0.2) is 0 Å². The molecule has 11 heteroatoms. The fourth-order valence-electron chi connectivity index (χ4n) is 2.88. The molecule has 1 amide bonds. The maximum atomic E-state index is 12.7. The van der Waals surface area contributed by atoms with Crippen LogP contribution in [0.1, 0.15) is 24.2 Å². The zero-order valence-electron chi connectivity index (χ0n) is 17.7. The van der Waals surface area contributed by atoms with Gasteiger partial charge in [-0.05, 0) is 24.3 Å². The third-order valence-corrected chi connectivity index (χ3v) is 6.55. The van der Waals surface area contributed by atoms with Crippen molar-refractivity contribution >= 4 is 27.6 Å². The molecule has 0 saturated carbocycles. The SMILES string of the molecule is CCN(CC)S(=O)(=O)c1ccc(=O)n(CC(=O)Nc2ccc(OC)cc2C(=O)OC)c1. The number of esters is 1. The molecule has 10 nitrogen and oxygen atoms in total. The Balaban J connectivity index is 2.31. The molecule has 2 rings (SSSR count). The van der Waals surface area contributed by atoms with E-state index in [4.69, 9.17) is 9.47 Å². The molecule has 0 spiro atoms. The monoisotopic (exact) mass is 451 g/mol. The van der Waals surface area contributed by atoms with Crippen LogP contribution in [0, 0.1) is 0 Å². The normalized spacial score (nSPS) is 11.3. The number of sulfonamides is 1. The van der Waals surface area contributed by atoms with E-state index in [-0.39, 0.29) is 29.2 Å². The number of nitrogens with one attached hydrogen (secondary N) is 1. The fraction of sp³-hybridized carbons (Fsp3) is 0.350. The highest BCUT2D eigenvalue weighted by Gasteiger charge is 2.23. The molecule has 1 aromatic heterocycles. The van der Waals surface area contributed by atoms with E-state index in [0.717, 1.165) is 16.8 Å². The molecule has 2 aromatic rings. The largest absolute Gasteiger partial charge is 0.497 e. The standard InChI is InChI=1S/C20H25N3O7S/c1-5-23(6-2)31(27,28)15-8-10-19(25)22(12-15)13-18(24)21-17-9-7-14(29-3)11-16(17)20(26)30-4/h7-12H,5-6,13H2,1-4H3,(H,21,24). The Labute approximate surface area is 180 Å². The van der Waals surface area contributed by atoms with Gasteiger partial charge in [-0.25, -0.2) is 13.2 Å². The number of carbonyl (C=O) groups is 2. The Morgan fingerprint density at radius 3 is 2.35 bits per heavy atom. The van der Waals surface area contributed by atoms with Gasteiger partial charge in [0.05, 0.1) is 30.4 Å². The number of aromatic nitrogens is 1. The highest BCUT2D eigenvalue weighted by atomic mass is 32.2. The first kappa shape index (κ1) is 24.1. The number of benzene rings is 1. The first-order chi connectivity index (χ1) is 14.7. The van der Waals surface area contributed by atoms with Gasteiger partial charge >= 0.3 is 5.97 Å². The number of rotatable bonds is 9. The molecule has 1 heterocycles. The van der Waals surface area contributed by atoms with Crippen LogP contribution in [0.5, 0.6) is 5.75 Å². The summed E-state index contributed by atoms with van der Waals surface area (Å²) >= 11 is 0. The number of hydrogen-bond donors (Lipinski definition) is 1. The second-order valence-electron chi connectivity index (χ2n) is 6.37. The van der Waals surface area contributed by atoms with E-state index in [1.807, 2.05) is 0 Å². The van der Waals surface area contributed by atoms with Crippen LogP contribution in [0.4, 0.5) is 5.69 Å². The molecule has 1 aromatic carbocycles. The van der Waals surface area contributed by atoms with Crippen LogP contribution >= 0.6 is 0 Å². The predicted molar refractivity (Wildman–Crippen MR) is 114 cm³/mol. The zero-order valence-corrected chi connectivity index (χ0v) is 18.6. The molecule has 0 aliphatic heterocycles. The van der Waals surface area contributed by atoms with Crippen LogP contribution in [-0.2, 0) is 26.1 Å². The number of ether oxygens (including phenoxy) is 2. The number of amides is 1. The highest BCUT2D eigenvalue weighted by Crippen LogP contribution is 2.23. The van der Waals surface area contributed by atoms with Crippen molar-refractivity contribution in [2.75, 3.05) is 32.6 Å². The maximum Gasteiger partial charge on any atom is 0.340 e.